The molecule has 0 aliphatic carbocycles. The molecule has 1 amide bonds. The topological polar surface area (TPSA) is 92.4 Å². The van der Waals surface area contributed by atoms with Crippen LogP contribution in [0.25, 0.3) is 0 Å². The van der Waals surface area contributed by atoms with Crippen molar-refractivity contribution in [3.05, 3.63) is 12.2 Å². The summed E-state index contributed by atoms with van der Waals surface area (Å²) in [6.07, 6.45) is 3.61. The fourth-order valence-corrected chi connectivity index (χ4v) is 0.733. The summed E-state index contributed by atoms with van der Waals surface area (Å²) < 4.78 is 0. The Kier molecular flexibility index (Phi) is 6.53. The van der Waals surface area contributed by atoms with E-state index in [0.717, 1.165) is 6.08 Å². The summed E-state index contributed by atoms with van der Waals surface area (Å²) in [5, 5.41) is 11.2. The van der Waals surface area contributed by atoms with E-state index in [2.05, 4.69) is 5.32 Å². The first-order chi connectivity index (χ1) is 6.13. The van der Waals surface area contributed by atoms with Gasteiger partial charge in [0.25, 0.3) is 0 Å². The highest BCUT2D eigenvalue weighted by molar-refractivity contribution is 5.79. The monoisotopic (exact) mass is 186 g/mol. The van der Waals surface area contributed by atoms with Crippen molar-refractivity contribution >= 4 is 11.9 Å². The predicted molar refractivity (Wildman–Crippen MR) is 48.1 cm³/mol. The Labute approximate surface area is 76.6 Å². The third-order valence-corrected chi connectivity index (χ3v) is 1.30. The van der Waals surface area contributed by atoms with Gasteiger partial charge in [-0.05, 0) is 13.0 Å². The van der Waals surface area contributed by atoms with Gasteiger partial charge in [-0.25, -0.2) is 4.79 Å². The van der Waals surface area contributed by atoms with Crippen molar-refractivity contribution in [2.24, 2.45) is 5.73 Å². The van der Waals surface area contributed by atoms with Gasteiger partial charge in [0, 0.05) is 19.0 Å². The van der Waals surface area contributed by atoms with Crippen LogP contribution in [0.1, 0.15) is 12.8 Å². The number of carboxylic acids is 1. The molecule has 0 saturated carbocycles. The van der Waals surface area contributed by atoms with Gasteiger partial charge in [0.2, 0.25) is 5.91 Å². The first-order valence-corrected chi connectivity index (χ1v) is 4.01. The van der Waals surface area contributed by atoms with Crippen LogP contribution >= 0.6 is 0 Å². The summed E-state index contributed by atoms with van der Waals surface area (Å²) >= 11 is 0. The Morgan fingerprint density at radius 3 is 2.69 bits per heavy atom. The summed E-state index contributed by atoms with van der Waals surface area (Å²) in [5.74, 6) is -1.28. The number of aliphatic carboxylic acids is 1. The molecule has 0 aliphatic rings. The lowest BCUT2D eigenvalue weighted by atomic mass is 10.3. The maximum absolute atomic E-state index is 10.3. The van der Waals surface area contributed by atoms with Gasteiger partial charge in [0.15, 0.2) is 0 Å². The van der Waals surface area contributed by atoms with E-state index in [1.54, 1.807) is 0 Å². The van der Waals surface area contributed by atoms with Crippen molar-refractivity contribution in [2.45, 2.75) is 12.8 Å². The minimum Gasteiger partial charge on any atom is -0.478 e. The van der Waals surface area contributed by atoms with Gasteiger partial charge in [0.05, 0.1) is 0 Å². The highest BCUT2D eigenvalue weighted by Crippen LogP contribution is 1.83. The number of nitrogens with one attached hydrogen (secondary N) is 1. The lowest BCUT2D eigenvalue weighted by Crippen LogP contribution is -2.18. The number of amides is 1. The number of rotatable bonds is 7. The molecular formula is C8H14N2O3. The molecule has 0 aliphatic heterocycles. The van der Waals surface area contributed by atoms with Gasteiger partial charge < -0.3 is 16.2 Å². The minimum absolute atomic E-state index is 0.317. The summed E-state index contributed by atoms with van der Waals surface area (Å²) in [6.45, 7) is 1.15. The second kappa shape index (κ2) is 7.30. The molecule has 0 unspecified atom stereocenters. The predicted octanol–water partition coefficient (Wildman–Crippen LogP) is -0.518. The maximum Gasteiger partial charge on any atom is 0.328 e. The Bertz CT molecular complexity index is 202. The molecule has 0 saturated heterocycles. The Balaban J connectivity index is 3.17. The zero-order valence-corrected chi connectivity index (χ0v) is 7.32. The number of carbonyl (C=O) groups excluding carboxylic acids is 1. The molecule has 0 atom stereocenters. The van der Waals surface area contributed by atoms with Crippen LogP contribution in [0.4, 0.5) is 0 Å². The molecule has 0 fully saturated rings. The first-order valence-electron chi connectivity index (χ1n) is 4.01. The maximum atomic E-state index is 10.3. The van der Waals surface area contributed by atoms with E-state index in [1.807, 2.05) is 0 Å². The molecule has 13 heavy (non-hydrogen) atoms. The number of nitrogens with two attached hydrogens (primary N) is 1. The number of hydrogen-bond acceptors (Lipinski definition) is 3. The molecule has 0 rings (SSSR count). The lowest BCUT2D eigenvalue weighted by molar-refractivity contribution is -0.131. The second-order valence-electron chi connectivity index (χ2n) is 2.51. The third-order valence-electron chi connectivity index (χ3n) is 1.30. The van der Waals surface area contributed by atoms with E-state index >= 15 is 0 Å². The molecule has 0 bridgehead atoms. The standard InChI is InChI=1S/C8H14N2O3/c9-7(11)3-1-5-10-6-2-4-8(12)13/h2,4,10H,1,3,5-6H2,(H2,9,11)(H,12,13)/b4-2+. The quantitative estimate of drug-likeness (QED) is 0.368. The van der Waals surface area contributed by atoms with Crippen molar-refractivity contribution in [3.63, 3.8) is 0 Å². The van der Waals surface area contributed by atoms with E-state index in [-0.39, 0.29) is 5.91 Å². The average Bonchev–Trinajstić information content (AvgIpc) is 2.01. The molecule has 74 valence electrons. The van der Waals surface area contributed by atoms with Crippen molar-refractivity contribution in [1.29, 1.82) is 0 Å². The largest absolute Gasteiger partial charge is 0.478 e. The molecule has 5 nitrogen and oxygen atoms in total. The fourth-order valence-electron chi connectivity index (χ4n) is 0.733. The van der Waals surface area contributed by atoms with Gasteiger partial charge in [-0.2, -0.15) is 0 Å². The van der Waals surface area contributed by atoms with Crippen LogP contribution in [-0.2, 0) is 9.59 Å². The van der Waals surface area contributed by atoms with Gasteiger partial charge in [-0.1, -0.05) is 6.08 Å². The first kappa shape index (κ1) is 11.6. The second-order valence-corrected chi connectivity index (χ2v) is 2.51. The van der Waals surface area contributed by atoms with E-state index in [0.29, 0.717) is 25.9 Å². The Morgan fingerprint density at radius 2 is 2.15 bits per heavy atom. The molecule has 0 aromatic heterocycles. The number of carbonyl (C=O) groups is 2. The van der Waals surface area contributed by atoms with Crippen molar-refractivity contribution in [3.8, 4) is 0 Å². The molecular weight excluding hydrogens is 172 g/mol. The smallest absolute Gasteiger partial charge is 0.328 e. The van der Waals surface area contributed by atoms with Crippen LogP contribution in [0.5, 0.6) is 0 Å². The fraction of sp³-hybridized carbons (Fsp3) is 0.500. The molecule has 4 N–H and O–H groups in total. The minimum atomic E-state index is -0.959. The Morgan fingerprint density at radius 1 is 1.46 bits per heavy atom. The normalized spacial score (nSPS) is 10.5. The summed E-state index contributed by atoms with van der Waals surface area (Å²) in [7, 11) is 0. The third kappa shape index (κ3) is 10.6. The van der Waals surface area contributed by atoms with Crippen LogP contribution in [0.15, 0.2) is 12.2 Å². The highest BCUT2D eigenvalue weighted by atomic mass is 16.4. The van der Waals surface area contributed by atoms with Crippen molar-refractivity contribution in [2.75, 3.05) is 13.1 Å². The van der Waals surface area contributed by atoms with Crippen LogP contribution in [0.2, 0.25) is 0 Å². The van der Waals surface area contributed by atoms with Crippen LogP contribution in [0, 0.1) is 0 Å². The highest BCUT2D eigenvalue weighted by Gasteiger charge is 1.92. The summed E-state index contributed by atoms with van der Waals surface area (Å²) in [6, 6.07) is 0. The van der Waals surface area contributed by atoms with Gasteiger partial charge in [0.1, 0.15) is 0 Å². The molecule has 5 heteroatoms. The van der Waals surface area contributed by atoms with E-state index < -0.39 is 5.97 Å². The number of primary amides is 1. The molecule has 0 heterocycles. The summed E-state index contributed by atoms with van der Waals surface area (Å²) in [4.78, 5) is 20.3. The lowest BCUT2D eigenvalue weighted by Gasteiger charge is -1.98. The zero-order chi connectivity index (χ0) is 10.1. The molecule has 0 radical (unpaired) electrons. The van der Waals surface area contributed by atoms with Crippen LogP contribution in [0.3, 0.4) is 0 Å². The molecule has 0 aromatic carbocycles. The van der Waals surface area contributed by atoms with Gasteiger partial charge >= 0.3 is 5.97 Å². The van der Waals surface area contributed by atoms with E-state index in [4.69, 9.17) is 10.8 Å². The van der Waals surface area contributed by atoms with Gasteiger partial charge in [-0.15, -0.1) is 0 Å². The van der Waals surface area contributed by atoms with Crippen molar-refractivity contribution in [1.82, 2.24) is 5.32 Å². The SMILES string of the molecule is NC(=O)CCCNC/C=C/C(=O)O. The van der Waals surface area contributed by atoms with Crippen LogP contribution < -0.4 is 11.1 Å². The van der Waals surface area contributed by atoms with E-state index in [9.17, 15) is 9.59 Å². The number of hydrogen-bond donors (Lipinski definition) is 3. The van der Waals surface area contributed by atoms with Crippen molar-refractivity contribution < 1.29 is 14.7 Å². The molecule has 0 spiro atoms. The molecule has 0 aromatic rings. The van der Waals surface area contributed by atoms with Gasteiger partial charge in [-0.3, -0.25) is 4.79 Å². The average molecular weight is 186 g/mol. The summed E-state index contributed by atoms with van der Waals surface area (Å²) in [5.41, 5.74) is 4.91. The number of carboxylic acid groups (broad SMARTS) is 1. The zero-order valence-electron chi connectivity index (χ0n) is 7.32. The van der Waals surface area contributed by atoms with E-state index in [1.165, 1.54) is 6.08 Å². The van der Waals surface area contributed by atoms with Crippen LogP contribution in [-0.4, -0.2) is 30.1 Å². The Hall–Kier alpha value is -1.36.